The number of halogens is 1. The van der Waals surface area contributed by atoms with Crippen LogP contribution in [0.4, 0.5) is 5.69 Å². The molecule has 0 radical (unpaired) electrons. The standard InChI is InChI=1S/C13H18BrN/c1-9-7-12(8-10(2)13(9)14)15-6-5-11-3-4-11/h7-8,11,15H,3-6H2,1-2H3. The Morgan fingerprint density at radius 2 is 1.87 bits per heavy atom. The number of anilines is 1. The molecule has 1 aromatic rings. The molecule has 0 heterocycles. The summed E-state index contributed by atoms with van der Waals surface area (Å²) >= 11 is 3.59. The highest BCUT2D eigenvalue weighted by Gasteiger charge is 2.20. The summed E-state index contributed by atoms with van der Waals surface area (Å²) in [6, 6.07) is 4.42. The van der Waals surface area contributed by atoms with E-state index in [4.69, 9.17) is 0 Å². The smallest absolute Gasteiger partial charge is 0.0346 e. The average molecular weight is 268 g/mol. The first kappa shape index (κ1) is 11.0. The van der Waals surface area contributed by atoms with E-state index in [0.29, 0.717) is 0 Å². The zero-order valence-electron chi connectivity index (χ0n) is 9.44. The van der Waals surface area contributed by atoms with Crippen molar-refractivity contribution >= 4 is 21.6 Å². The van der Waals surface area contributed by atoms with E-state index in [-0.39, 0.29) is 0 Å². The Bertz CT molecular complexity index is 333. The van der Waals surface area contributed by atoms with Crippen molar-refractivity contribution in [2.24, 2.45) is 5.92 Å². The summed E-state index contributed by atoms with van der Waals surface area (Å²) in [5.41, 5.74) is 3.88. The van der Waals surface area contributed by atoms with E-state index in [1.807, 2.05) is 0 Å². The highest BCUT2D eigenvalue weighted by molar-refractivity contribution is 9.10. The van der Waals surface area contributed by atoms with Gasteiger partial charge in [0.2, 0.25) is 0 Å². The molecular formula is C13H18BrN. The van der Waals surface area contributed by atoms with Crippen LogP contribution >= 0.6 is 15.9 Å². The molecule has 1 saturated carbocycles. The van der Waals surface area contributed by atoms with E-state index >= 15 is 0 Å². The van der Waals surface area contributed by atoms with E-state index in [9.17, 15) is 0 Å². The summed E-state index contributed by atoms with van der Waals surface area (Å²) in [6.45, 7) is 5.40. The van der Waals surface area contributed by atoms with Crippen molar-refractivity contribution in [1.29, 1.82) is 0 Å². The van der Waals surface area contributed by atoms with Crippen LogP contribution in [0.1, 0.15) is 30.4 Å². The normalized spacial score (nSPS) is 15.4. The SMILES string of the molecule is Cc1cc(NCCC2CC2)cc(C)c1Br. The third-order valence-electron chi connectivity index (χ3n) is 3.02. The summed E-state index contributed by atoms with van der Waals surface area (Å²) in [4.78, 5) is 0. The van der Waals surface area contributed by atoms with E-state index < -0.39 is 0 Å². The van der Waals surface area contributed by atoms with E-state index in [0.717, 1.165) is 12.5 Å². The second-order valence-corrected chi connectivity index (χ2v) is 5.38. The van der Waals surface area contributed by atoms with Crippen molar-refractivity contribution < 1.29 is 0 Å². The highest BCUT2D eigenvalue weighted by Crippen LogP contribution is 2.32. The second-order valence-electron chi connectivity index (χ2n) is 4.58. The van der Waals surface area contributed by atoms with Gasteiger partial charge in [-0.3, -0.25) is 0 Å². The van der Waals surface area contributed by atoms with Crippen LogP contribution in [-0.2, 0) is 0 Å². The molecule has 1 aliphatic carbocycles. The first-order valence-electron chi connectivity index (χ1n) is 5.67. The van der Waals surface area contributed by atoms with Crippen molar-refractivity contribution in [3.8, 4) is 0 Å². The number of nitrogens with one attached hydrogen (secondary N) is 1. The van der Waals surface area contributed by atoms with Crippen LogP contribution in [0.5, 0.6) is 0 Å². The largest absolute Gasteiger partial charge is 0.385 e. The van der Waals surface area contributed by atoms with Crippen molar-refractivity contribution in [2.75, 3.05) is 11.9 Å². The molecule has 0 aliphatic heterocycles. The Kier molecular flexibility index (Phi) is 3.35. The average Bonchev–Trinajstić information content (AvgIpc) is 2.98. The number of hydrogen-bond donors (Lipinski definition) is 1. The Morgan fingerprint density at radius 3 is 2.40 bits per heavy atom. The summed E-state index contributed by atoms with van der Waals surface area (Å²) < 4.78 is 1.23. The minimum Gasteiger partial charge on any atom is -0.385 e. The van der Waals surface area contributed by atoms with Crippen molar-refractivity contribution in [3.05, 3.63) is 27.7 Å². The Labute approximate surface area is 100 Å². The molecule has 0 atom stereocenters. The van der Waals surface area contributed by atoms with Gasteiger partial charge in [0.1, 0.15) is 0 Å². The maximum Gasteiger partial charge on any atom is 0.0346 e. The fourth-order valence-electron chi connectivity index (χ4n) is 1.88. The van der Waals surface area contributed by atoms with Crippen molar-refractivity contribution in [2.45, 2.75) is 33.1 Å². The predicted molar refractivity (Wildman–Crippen MR) is 69.4 cm³/mol. The van der Waals surface area contributed by atoms with Gasteiger partial charge < -0.3 is 5.32 Å². The molecular weight excluding hydrogens is 250 g/mol. The molecule has 1 fully saturated rings. The minimum absolute atomic E-state index is 1.01. The van der Waals surface area contributed by atoms with E-state index in [1.165, 1.54) is 40.5 Å². The number of aryl methyl sites for hydroxylation is 2. The van der Waals surface area contributed by atoms with Crippen LogP contribution in [0.25, 0.3) is 0 Å². The fourth-order valence-corrected chi connectivity index (χ4v) is 2.10. The molecule has 0 spiro atoms. The first-order chi connectivity index (χ1) is 7.16. The topological polar surface area (TPSA) is 12.0 Å². The Balaban J connectivity index is 1.94. The third-order valence-corrected chi connectivity index (χ3v) is 4.27. The monoisotopic (exact) mass is 267 g/mol. The van der Waals surface area contributed by atoms with Gasteiger partial charge in [-0.1, -0.05) is 28.8 Å². The highest BCUT2D eigenvalue weighted by atomic mass is 79.9. The predicted octanol–water partition coefficient (Wildman–Crippen LogP) is 4.28. The van der Waals surface area contributed by atoms with Gasteiger partial charge in [0.05, 0.1) is 0 Å². The lowest BCUT2D eigenvalue weighted by atomic mass is 10.1. The molecule has 82 valence electrons. The van der Waals surface area contributed by atoms with E-state index in [1.54, 1.807) is 0 Å². The van der Waals surface area contributed by atoms with Crippen LogP contribution in [0.3, 0.4) is 0 Å². The molecule has 2 rings (SSSR count). The maximum absolute atomic E-state index is 3.59. The summed E-state index contributed by atoms with van der Waals surface area (Å²) in [6.07, 6.45) is 4.22. The van der Waals surface area contributed by atoms with Crippen molar-refractivity contribution in [3.63, 3.8) is 0 Å². The van der Waals surface area contributed by atoms with Gasteiger partial charge in [0.25, 0.3) is 0 Å². The summed E-state index contributed by atoms with van der Waals surface area (Å²) in [5.74, 6) is 1.01. The molecule has 15 heavy (non-hydrogen) atoms. The lowest BCUT2D eigenvalue weighted by Gasteiger charge is -2.10. The summed E-state index contributed by atoms with van der Waals surface area (Å²) in [5, 5.41) is 3.50. The van der Waals surface area contributed by atoms with Crippen LogP contribution in [0, 0.1) is 19.8 Å². The third kappa shape index (κ3) is 2.97. The zero-order valence-corrected chi connectivity index (χ0v) is 11.0. The van der Waals surface area contributed by atoms with Gasteiger partial charge in [-0.05, 0) is 49.4 Å². The molecule has 1 nitrogen and oxygen atoms in total. The zero-order chi connectivity index (χ0) is 10.8. The molecule has 1 aromatic carbocycles. The maximum atomic E-state index is 3.59. The van der Waals surface area contributed by atoms with Gasteiger partial charge in [-0.2, -0.15) is 0 Å². The molecule has 1 aliphatic rings. The van der Waals surface area contributed by atoms with Gasteiger partial charge >= 0.3 is 0 Å². The van der Waals surface area contributed by atoms with Crippen molar-refractivity contribution in [1.82, 2.24) is 0 Å². The molecule has 0 saturated heterocycles. The van der Waals surface area contributed by atoms with Gasteiger partial charge in [-0.25, -0.2) is 0 Å². The molecule has 0 amide bonds. The second kappa shape index (κ2) is 4.56. The quantitative estimate of drug-likeness (QED) is 0.859. The van der Waals surface area contributed by atoms with Gasteiger partial charge in [0, 0.05) is 16.7 Å². The van der Waals surface area contributed by atoms with Gasteiger partial charge in [-0.15, -0.1) is 0 Å². The molecule has 0 unspecified atom stereocenters. The fraction of sp³-hybridized carbons (Fsp3) is 0.538. The number of hydrogen-bond acceptors (Lipinski definition) is 1. The van der Waals surface area contributed by atoms with Gasteiger partial charge in [0.15, 0.2) is 0 Å². The Hall–Kier alpha value is -0.500. The molecule has 1 N–H and O–H groups in total. The molecule has 0 aromatic heterocycles. The lowest BCUT2D eigenvalue weighted by molar-refractivity contribution is 0.760. The minimum atomic E-state index is 1.01. The first-order valence-corrected chi connectivity index (χ1v) is 6.46. The van der Waals surface area contributed by atoms with Crippen LogP contribution < -0.4 is 5.32 Å². The summed E-state index contributed by atoms with van der Waals surface area (Å²) in [7, 11) is 0. The number of benzene rings is 1. The molecule has 2 heteroatoms. The van der Waals surface area contributed by atoms with Crippen LogP contribution in [-0.4, -0.2) is 6.54 Å². The van der Waals surface area contributed by atoms with Crippen LogP contribution in [0.15, 0.2) is 16.6 Å². The number of rotatable bonds is 4. The lowest BCUT2D eigenvalue weighted by Crippen LogP contribution is -2.02. The van der Waals surface area contributed by atoms with Crippen LogP contribution in [0.2, 0.25) is 0 Å². The molecule has 0 bridgehead atoms. The van der Waals surface area contributed by atoms with E-state index in [2.05, 4.69) is 47.2 Å². The Morgan fingerprint density at radius 1 is 1.27 bits per heavy atom.